The zero-order valence-corrected chi connectivity index (χ0v) is 32.6. The average molecular weight is 706 g/mol. The maximum Gasteiger partial charge on any atom is 0.309 e. The number of carbonyl (C=O) groups excluding carboxylic acids is 2. The Kier molecular flexibility index (Phi) is 9.73. The van der Waals surface area contributed by atoms with E-state index in [0.29, 0.717) is 31.3 Å². The van der Waals surface area contributed by atoms with Gasteiger partial charge in [-0.2, -0.15) is 0 Å². The summed E-state index contributed by atoms with van der Waals surface area (Å²) >= 11 is 0. The predicted octanol–water partition coefficient (Wildman–Crippen LogP) is 7.32. The van der Waals surface area contributed by atoms with Gasteiger partial charge in [-0.15, -0.1) is 0 Å². The van der Waals surface area contributed by atoms with E-state index in [4.69, 9.17) is 4.74 Å². The number of ether oxygens (including phenoxy) is 1. The van der Waals surface area contributed by atoms with Crippen LogP contribution in [0.25, 0.3) is 0 Å². The molecule has 1 aromatic rings. The molecule has 9 heteroatoms. The number of hydrogen-bond acceptors (Lipinski definition) is 8. The summed E-state index contributed by atoms with van der Waals surface area (Å²) in [5.41, 5.74) is 1.28. The number of carbonyl (C=O) groups is 3. The molecular formula is C42H63N3O6. The highest BCUT2D eigenvalue weighted by Gasteiger charge is 2.70. The molecule has 1 heterocycles. The maximum absolute atomic E-state index is 14.0. The van der Waals surface area contributed by atoms with Crippen molar-refractivity contribution in [3.05, 3.63) is 35.4 Å². The normalized spacial score (nSPS) is 38.0. The van der Waals surface area contributed by atoms with Gasteiger partial charge in [-0.25, -0.2) is 9.97 Å². The first-order chi connectivity index (χ1) is 23.7. The Morgan fingerprint density at radius 1 is 1.00 bits per heavy atom. The van der Waals surface area contributed by atoms with Crippen LogP contribution in [0, 0.1) is 56.2 Å². The van der Waals surface area contributed by atoms with Crippen molar-refractivity contribution in [2.75, 3.05) is 6.54 Å². The van der Waals surface area contributed by atoms with Crippen molar-refractivity contribution >= 4 is 17.7 Å². The van der Waals surface area contributed by atoms with Crippen molar-refractivity contribution in [2.24, 2.45) is 56.2 Å². The molecule has 282 valence electrons. The summed E-state index contributed by atoms with van der Waals surface area (Å²) in [4.78, 5) is 47.1. The van der Waals surface area contributed by atoms with Crippen LogP contribution in [0.3, 0.4) is 0 Å². The average Bonchev–Trinajstić information content (AvgIpc) is 3.36. The second-order valence-corrected chi connectivity index (χ2v) is 19.4. The third-order valence-electron chi connectivity index (χ3n) is 15.8. The van der Waals surface area contributed by atoms with Gasteiger partial charge in [0.2, 0.25) is 0 Å². The number of ketones is 1. The first-order valence-corrected chi connectivity index (χ1v) is 19.6. The molecule has 4 fully saturated rings. The second-order valence-electron chi connectivity index (χ2n) is 19.4. The molecule has 0 spiro atoms. The maximum atomic E-state index is 14.0. The number of carboxylic acid groups (broad SMARTS) is 1. The van der Waals surface area contributed by atoms with Crippen molar-refractivity contribution in [2.45, 2.75) is 145 Å². The Hall–Kier alpha value is -2.65. The van der Waals surface area contributed by atoms with Crippen LogP contribution in [0.2, 0.25) is 0 Å². The number of Topliss-reactive ketones (excluding diaryl/α,β-unsaturated/α-hetero) is 1. The molecule has 0 aromatic carbocycles. The first kappa shape index (κ1) is 38.1. The van der Waals surface area contributed by atoms with E-state index in [1.807, 2.05) is 6.07 Å². The highest BCUT2D eigenvalue weighted by Crippen LogP contribution is 2.77. The molecule has 0 amide bonds. The van der Waals surface area contributed by atoms with E-state index >= 15 is 0 Å². The Labute approximate surface area is 305 Å². The minimum absolute atomic E-state index is 0.0164. The molecule has 51 heavy (non-hydrogen) atoms. The van der Waals surface area contributed by atoms with Crippen molar-refractivity contribution in [1.29, 1.82) is 0 Å². The summed E-state index contributed by atoms with van der Waals surface area (Å²) in [6.45, 7) is 20.5. The van der Waals surface area contributed by atoms with Gasteiger partial charge in [-0.1, -0.05) is 54.0 Å². The number of aliphatic hydroxyl groups excluding tert-OH is 1. The van der Waals surface area contributed by atoms with E-state index in [0.717, 1.165) is 62.6 Å². The lowest BCUT2D eigenvalue weighted by molar-refractivity contribution is -0.235. The van der Waals surface area contributed by atoms with Crippen molar-refractivity contribution in [3.8, 4) is 0 Å². The first-order valence-electron chi connectivity index (χ1n) is 19.6. The molecule has 0 radical (unpaired) electrons. The van der Waals surface area contributed by atoms with Crippen molar-refractivity contribution in [1.82, 2.24) is 15.3 Å². The fourth-order valence-corrected chi connectivity index (χ4v) is 12.9. The van der Waals surface area contributed by atoms with Gasteiger partial charge in [0.05, 0.1) is 23.6 Å². The van der Waals surface area contributed by atoms with Crippen LogP contribution in [-0.4, -0.2) is 56.7 Å². The molecule has 5 aliphatic rings. The molecule has 5 aliphatic carbocycles. The fraction of sp³-hybridized carbons (Fsp3) is 0.786. The molecule has 0 bridgehead atoms. The zero-order chi connectivity index (χ0) is 37.4. The number of nitrogens with zero attached hydrogens (tertiary/aromatic N) is 2. The van der Waals surface area contributed by atoms with Crippen LogP contribution in [0.1, 0.15) is 132 Å². The summed E-state index contributed by atoms with van der Waals surface area (Å²) in [5, 5.41) is 25.1. The highest BCUT2D eigenvalue weighted by molar-refractivity contribution is 6.00. The Bertz CT molecular complexity index is 1570. The van der Waals surface area contributed by atoms with Crippen LogP contribution in [0.5, 0.6) is 0 Å². The van der Waals surface area contributed by atoms with E-state index in [9.17, 15) is 24.6 Å². The van der Waals surface area contributed by atoms with Crippen molar-refractivity contribution in [3.63, 3.8) is 0 Å². The molecule has 6 rings (SSSR count). The summed E-state index contributed by atoms with van der Waals surface area (Å²) < 4.78 is 6.16. The number of nitrogens with one attached hydrogen (secondary N) is 1. The lowest BCUT2D eigenvalue weighted by Crippen LogP contribution is -2.66. The quantitative estimate of drug-likeness (QED) is 0.214. The molecule has 0 aliphatic heterocycles. The minimum atomic E-state index is -1.17. The van der Waals surface area contributed by atoms with Gasteiger partial charge in [0.15, 0.2) is 5.78 Å². The molecule has 4 saturated carbocycles. The van der Waals surface area contributed by atoms with Crippen LogP contribution in [0.4, 0.5) is 0 Å². The topological polar surface area (TPSA) is 139 Å². The van der Waals surface area contributed by atoms with Gasteiger partial charge < -0.3 is 20.3 Å². The summed E-state index contributed by atoms with van der Waals surface area (Å²) in [7, 11) is 0. The minimum Gasteiger partial charge on any atom is -0.481 e. The highest BCUT2D eigenvalue weighted by atomic mass is 16.5. The monoisotopic (exact) mass is 705 g/mol. The van der Waals surface area contributed by atoms with Gasteiger partial charge in [0, 0.05) is 36.5 Å². The molecule has 2 unspecified atom stereocenters. The fourth-order valence-electron chi connectivity index (χ4n) is 12.9. The summed E-state index contributed by atoms with van der Waals surface area (Å²) in [5.74, 6) is 0.0184. The zero-order valence-electron chi connectivity index (χ0n) is 32.6. The van der Waals surface area contributed by atoms with E-state index < -0.39 is 28.9 Å². The molecule has 9 nitrogen and oxygen atoms in total. The Morgan fingerprint density at radius 2 is 1.73 bits per heavy atom. The second kappa shape index (κ2) is 13.0. The SMILES string of the molecule is CC(C)C1=C2[C@H]3CC[C@@H]4[C@@]5(C)CC[C@H](OC(=O)CC(C)(C)C(=O)O)C(C)(C)[C@@H]5CC[C@@]4(C)[C@]3(C)CCC2(C(O)CNCc2ccncn2)CC1=O. The third kappa shape index (κ3) is 5.91. The lowest BCUT2D eigenvalue weighted by Gasteiger charge is -2.72. The molecule has 1 aromatic heterocycles. The van der Waals surface area contributed by atoms with Gasteiger partial charge in [0.25, 0.3) is 0 Å². The number of aromatic nitrogens is 2. The summed E-state index contributed by atoms with van der Waals surface area (Å²) in [6, 6.07) is 1.88. The standard InChI is InChI=1S/C42H63N3O6/c1-25(2)34-28(46)20-42(31(47)23-44-22-26-14-19-43-24-45-26)18-17-40(8)27(35(34)42)10-11-30-39(7)15-13-32(51-33(48)21-37(3,4)36(49)50)38(5,6)29(39)12-16-41(30,40)9/h14,19,24-25,27,29-32,44,47H,10-13,15-18,20-23H2,1-9H3,(H,49,50)/t27-,29+,30-,31?,32+,39+,40-,41-,42?/m1/s1. The van der Waals surface area contributed by atoms with E-state index in [2.05, 4.69) is 63.8 Å². The van der Waals surface area contributed by atoms with Gasteiger partial charge in [-0.05, 0) is 117 Å². The predicted molar refractivity (Wildman–Crippen MR) is 195 cm³/mol. The number of aliphatic carboxylic acids is 1. The van der Waals surface area contributed by atoms with Crippen molar-refractivity contribution < 1.29 is 29.3 Å². The Morgan fingerprint density at radius 3 is 2.37 bits per heavy atom. The number of carboxylic acids is 1. The van der Waals surface area contributed by atoms with E-state index in [1.165, 1.54) is 11.9 Å². The van der Waals surface area contributed by atoms with Gasteiger partial charge >= 0.3 is 11.9 Å². The smallest absolute Gasteiger partial charge is 0.309 e. The molecular weight excluding hydrogens is 642 g/mol. The van der Waals surface area contributed by atoms with Crippen LogP contribution in [-0.2, 0) is 25.7 Å². The number of aliphatic hydroxyl groups is 1. The van der Waals surface area contributed by atoms with Crippen LogP contribution < -0.4 is 5.32 Å². The number of esters is 1. The number of allylic oxidation sites excluding steroid dienone is 1. The largest absolute Gasteiger partial charge is 0.481 e. The van der Waals surface area contributed by atoms with Gasteiger partial charge in [0.1, 0.15) is 12.4 Å². The molecule has 3 N–H and O–H groups in total. The number of hydrogen-bond donors (Lipinski definition) is 3. The number of rotatable bonds is 10. The van der Waals surface area contributed by atoms with E-state index in [1.54, 1.807) is 20.0 Å². The van der Waals surface area contributed by atoms with Crippen LogP contribution >= 0.6 is 0 Å². The number of fused-ring (bicyclic) bond motifs is 7. The molecule has 0 saturated heterocycles. The van der Waals surface area contributed by atoms with E-state index in [-0.39, 0.29) is 51.8 Å². The van der Waals surface area contributed by atoms with Gasteiger partial charge in [-0.3, -0.25) is 14.4 Å². The van der Waals surface area contributed by atoms with Crippen LogP contribution in [0.15, 0.2) is 29.7 Å². The Balaban J connectivity index is 1.26. The lowest BCUT2D eigenvalue weighted by atomic mass is 9.33. The summed E-state index contributed by atoms with van der Waals surface area (Å²) in [6.07, 6.45) is 10.4. The third-order valence-corrected chi connectivity index (χ3v) is 15.8. The molecule has 9 atom stereocenters.